The minimum atomic E-state index is -0.484. The van der Waals surface area contributed by atoms with Gasteiger partial charge in [-0.1, -0.05) is 0 Å². The van der Waals surface area contributed by atoms with E-state index in [0.717, 1.165) is 17.8 Å². The van der Waals surface area contributed by atoms with E-state index in [1.165, 1.54) is 0 Å². The van der Waals surface area contributed by atoms with Gasteiger partial charge in [0.1, 0.15) is 17.5 Å². The maximum absolute atomic E-state index is 13.1. The largest absolute Gasteiger partial charge is 0.344 e. The molecular weight excluding hydrogens is 363 g/mol. The van der Waals surface area contributed by atoms with Crippen molar-refractivity contribution in [2.45, 2.75) is 26.4 Å². The number of rotatable bonds is 6. The third kappa shape index (κ3) is 3.46. The number of aromatic nitrogens is 8. The fourth-order valence-corrected chi connectivity index (χ4v) is 2.75. The lowest BCUT2D eigenvalue weighted by Crippen LogP contribution is -2.14. The van der Waals surface area contributed by atoms with Crippen molar-refractivity contribution in [3.05, 3.63) is 42.8 Å². The lowest BCUT2D eigenvalue weighted by molar-refractivity contribution is 0.604. The van der Waals surface area contributed by atoms with Gasteiger partial charge in [0.05, 0.1) is 36.3 Å². The SMILES string of the molecule is CCn1ncc2c(Nc3cn(C)cn3)nc(NC(C)c3ncc(F)cn3)nc21. The minimum absolute atomic E-state index is 0.321. The standard InChI is InChI=1S/C17H19FN10/c1-4-28-16-12(7-22-28)15(24-13-8-27(3)9-21-13)25-17(26-16)23-10(2)14-19-5-11(18)6-20-14/h5-10H,4H2,1-3H3,(H2,23,24,25,26). The second kappa shape index (κ2) is 7.18. The average Bonchev–Trinajstić information content (AvgIpc) is 3.28. The van der Waals surface area contributed by atoms with Crippen LogP contribution in [0.25, 0.3) is 11.0 Å². The van der Waals surface area contributed by atoms with Gasteiger partial charge in [0.25, 0.3) is 0 Å². The molecule has 2 N–H and O–H groups in total. The average molecular weight is 382 g/mol. The number of nitrogens with one attached hydrogen (secondary N) is 2. The van der Waals surface area contributed by atoms with Gasteiger partial charge in [-0.05, 0) is 13.8 Å². The lowest BCUT2D eigenvalue weighted by Gasteiger charge is -2.14. The fourth-order valence-electron chi connectivity index (χ4n) is 2.75. The summed E-state index contributed by atoms with van der Waals surface area (Å²) in [7, 11) is 1.89. The van der Waals surface area contributed by atoms with Crippen LogP contribution in [0.4, 0.5) is 22.0 Å². The summed E-state index contributed by atoms with van der Waals surface area (Å²) in [6, 6.07) is -0.321. The van der Waals surface area contributed by atoms with Gasteiger partial charge < -0.3 is 15.2 Å². The highest BCUT2D eigenvalue weighted by atomic mass is 19.1. The van der Waals surface area contributed by atoms with E-state index >= 15 is 0 Å². The molecule has 144 valence electrons. The van der Waals surface area contributed by atoms with Crippen LogP contribution in [0.15, 0.2) is 31.1 Å². The molecule has 0 spiro atoms. The van der Waals surface area contributed by atoms with Gasteiger partial charge in [-0.25, -0.2) is 24.0 Å². The smallest absolute Gasteiger partial charge is 0.227 e. The molecule has 0 amide bonds. The highest BCUT2D eigenvalue weighted by Gasteiger charge is 2.16. The lowest BCUT2D eigenvalue weighted by atomic mass is 10.3. The molecule has 0 aromatic carbocycles. The summed E-state index contributed by atoms with van der Waals surface area (Å²) in [6.45, 7) is 4.51. The van der Waals surface area contributed by atoms with Crippen LogP contribution in [0.3, 0.4) is 0 Å². The zero-order valence-electron chi connectivity index (χ0n) is 15.6. The number of hydrogen-bond donors (Lipinski definition) is 2. The maximum Gasteiger partial charge on any atom is 0.227 e. The molecule has 0 saturated carbocycles. The van der Waals surface area contributed by atoms with E-state index in [4.69, 9.17) is 0 Å². The van der Waals surface area contributed by atoms with Crippen molar-refractivity contribution in [3.63, 3.8) is 0 Å². The Morgan fingerprint density at radius 1 is 1.14 bits per heavy atom. The van der Waals surface area contributed by atoms with Crippen LogP contribution in [0.1, 0.15) is 25.7 Å². The van der Waals surface area contributed by atoms with Crippen molar-refractivity contribution < 1.29 is 4.39 Å². The maximum atomic E-state index is 13.1. The molecule has 10 nitrogen and oxygen atoms in total. The summed E-state index contributed by atoms with van der Waals surface area (Å²) >= 11 is 0. The van der Waals surface area contributed by atoms with Crippen LogP contribution in [0, 0.1) is 5.82 Å². The molecule has 0 bridgehead atoms. The van der Waals surface area contributed by atoms with Gasteiger partial charge in [0, 0.05) is 19.8 Å². The second-order valence-electron chi connectivity index (χ2n) is 6.27. The summed E-state index contributed by atoms with van der Waals surface area (Å²) in [5, 5.41) is 11.5. The highest BCUT2D eigenvalue weighted by Crippen LogP contribution is 2.25. The van der Waals surface area contributed by atoms with E-state index in [9.17, 15) is 4.39 Å². The number of imidazole rings is 1. The fraction of sp³-hybridized carbons (Fsp3) is 0.294. The first kappa shape index (κ1) is 17.8. The molecule has 0 aliphatic rings. The number of anilines is 3. The first-order valence-corrected chi connectivity index (χ1v) is 8.76. The predicted octanol–water partition coefficient (Wildman–Crippen LogP) is 2.43. The normalized spacial score (nSPS) is 12.3. The van der Waals surface area contributed by atoms with Gasteiger partial charge in [-0.3, -0.25) is 0 Å². The number of halogens is 1. The summed E-state index contributed by atoms with van der Waals surface area (Å²) in [5.74, 6) is 1.57. The monoisotopic (exact) mass is 382 g/mol. The third-order valence-corrected chi connectivity index (χ3v) is 4.12. The topological polar surface area (TPSA) is 111 Å². The summed E-state index contributed by atoms with van der Waals surface area (Å²) in [4.78, 5) is 21.4. The van der Waals surface area contributed by atoms with Crippen LogP contribution >= 0.6 is 0 Å². The van der Waals surface area contributed by atoms with Crippen molar-refractivity contribution in [2.75, 3.05) is 10.6 Å². The van der Waals surface area contributed by atoms with Gasteiger partial charge in [0.15, 0.2) is 11.5 Å². The van der Waals surface area contributed by atoms with Crippen molar-refractivity contribution >= 4 is 28.6 Å². The van der Waals surface area contributed by atoms with Crippen LogP contribution in [-0.4, -0.2) is 39.3 Å². The minimum Gasteiger partial charge on any atom is -0.344 e. The van der Waals surface area contributed by atoms with Crippen molar-refractivity contribution in [2.24, 2.45) is 7.05 Å². The van der Waals surface area contributed by atoms with E-state index in [1.54, 1.807) is 17.2 Å². The summed E-state index contributed by atoms with van der Waals surface area (Å²) in [5.41, 5.74) is 0.686. The Hall–Kier alpha value is -3.63. The van der Waals surface area contributed by atoms with E-state index in [1.807, 2.05) is 31.7 Å². The van der Waals surface area contributed by atoms with Crippen LogP contribution in [0.5, 0.6) is 0 Å². The van der Waals surface area contributed by atoms with Crippen molar-refractivity contribution in [1.29, 1.82) is 0 Å². The first-order valence-electron chi connectivity index (χ1n) is 8.76. The molecule has 1 atom stereocenters. The molecule has 4 aromatic heterocycles. The Morgan fingerprint density at radius 3 is 2.61 bits per heavy atom. The molecule has 0 saturated heterocycles. The summed E-state index contributed by atoms with van der Waals surface area (Å²) < 4.78 is 16.7. The molecule has 0 radical (unpaired) electrons. The molecule has 11 heteroatoms. The van der Waals surface area contributed by atoms with Gasteiger partial charge >= 0.3 is 0 Å². The molecule has 0 aliphatic heterocycles. The van der Waals surface area contributed by atoms with Crippen LogP contribution < -0.4 is 10.6 Å². The van der Waals surface area contributed by atoms with Crippen LogP contribution in [-0.2, 0) is 13.6 Å². The number of aryl methyl sites for hydroxylation is 2. The van der Waals surface area contributed by atoms with E-state index in [0.29, 0.717) is 35.6 Å². The van der Waals surface area contributed by atoms with Gasteiger partial charge in [-0.15, -0.1) is 0 Å². The van der Waals surface area contributed by atoms with E-state index < -0.39 is 5.82 Å². The Balaban J connectivity index is 1.70. The van der Waals surface area contributed by atoms with Gasteiger partial charge in [-0.2, -0.15) is 15.1 Å². The molecule has 28 heavy (non-hydrogen) atoms. The summed E-state index contributed by atoms with van der Waals surface area (Å²) in [6.07, 6.45) is 7.53. The number of fused-ring (bicyclic) bond motifs is 1. The van der Waals surface area contributed by atoms with Crippen molar-refractivity contribution in [1.82, 2.24) is 39.3 Å². The molecular formula is C17H19FN10. The van der Waals surface area contributed by atoms with Crippen LogP contribution in [0.2, 0.25) is 0 Å². The Labute approximate surface area is 159 Å². The van der Waals surface area contributed by atoms with E-state index in [-0.39, 0.29) is 6.04 Å². The molecule has 4 aromatic rings. The molecule has 0 fully saturated rings. The molecule has 1 unspecified atom stereocenters. The predicted molar refractivity (Wildman–Crippen MR) is 102 cm³/mol. The Kier molecular flexibility index (Phi) is 4.55. The molecule has 4 heterocycles. The quantitative estimate of drug-likeness (QED) is 0.523. The zero-order chi connectivity index (χ0) is 19.7. The Bertz CT molecular complexity index is 1100. The van der Waals surface area contributed by atoms with Crippen molar-refractivity contribution in [3.8, 4) is 0 Å². The third-order valence-electron chi connectivity index (χ3n) is 4.12. The number of hydrogen-bond acceptors (Lipinski definition) is 8. The number of nitrogens with zero attached hydrogens (tertiary/aromatic N) is 8. The second-order valence-corrected chi connectivity index (χ2v) is 6.27. The molecule has 4 rings (SSSR count). The van der Waals surface area contributed by atoms with Gasteiger partial charge in [0.2, 0.25) is 5.95 Å². The zero-order valence-corrected chi connectivity index (χ0v) is 15.6. The highest BCUT2D eigenvalue weighted by molar-refractivity contribution is 5.89. The first-order chi connectivity index (χ1) is 13.5. The Morgan fingerprint density at radius 2 is 1.93 bits per heavy atom. The van der Waals surface area contributed by atoms with E-state index in [2.05, 4.69) is 40.7 Å². The molecule has 0 aliphatic carbocycles.